The van der Waals surface area contributed by atoms with Crippen LogP contribution in [0.2, 0.25) is 0 Å². The molecule has 7 heteroatoms. The first kappa shape index (κ1) is 23.4. The number of halogens is 2. The molecule has 0 spiro atoms. The number of hydrogen-bond acceptors (Lipinski definition) is 4. The van der Waals surface area contributed by atoms with Crippen molar-refractivity contribution in [3.05, 3.63) is 35.4 Å². The second kappa shape index (κ2) is 8.90. The largest absolute Gasteiger partial charge is 0.444 e. The monoisotopic (exact) mass is 449 g/mol. The van der Waals surface area contributed by atoms with Crippen molar-refractivity contribution in [1.82, 2.24) is 14.7 Å². The Hall–Kier alpha value is -1.73. The minimum atomic E-state index is -2.59. The van der Waals surface area contributed by atoms with Crippen molar-refractivity contribution in [2.75, 3.05) is 32.7 Å². The summed E-state index contributed by atoms with van der Waals surface area (Å²) in [4.78, 5) is 18.7. The first-order chi connectivity index (χ1) is 15.0. The van der Waals surface area contributed by atoms with E-state index < -0.39 is 11.5 Å². The highest BCUT2D eigenvalue weighted by atomic mass is 19.3. The predicted octanol–water partition coefficient (Wildman–Crippen LogP) is 4.33. The fraction of sp³-hybridized carbons (Fsp3) is 0.720. The number of rotatable bonds is 3. The van der Waals surface area contributed by atoms with Crippen LogP contribution in [0.3, 0.4) is 0 Å². The van der Waals surface area contributed by atoms with Crippen LogP contribution in [0.5, 0.6) is 0 Å². The van der Waals surface area contributed by atoms with Gasteiger partial charge in [0.05, 0.1) is 6.54 Å². The van der Waals surface area contributed by atoms with Crippen LogP contribution in [0, 0.1) is 6.92 Å². The summed E-state index contributed by atoms with van der Waals surface area (Å²) >= 11 is 0. The van der Waals surface area contributed by atoms with Gasteiger partial charge in [-0.3, -0.25) is 9.80 Å². The molecular formula is C25H37F2N3O2. The zero-order valence-electron chi connectivity index (χ0n) is 19.8. The second-order valence-electron chi connectivity index (χ2n) is 10.9. The molecular weight excluding hydrogens is 412 g/mol. The smallest absolute Gasteiger partial charge is 0.410 e. The summed E-state index contributed by atoms with van der Waals surface area (Å²) in [5.41, 5.74) is 1.97. The lowest BCUT2D eigenvalue weighted by Gasteiger charge is -2.49. The Kier molecular flexibility index (Phi) is 6.52. The minimum Gasteiger partial charge on any atom is -0.444 e. The van der Waals surface area contributed by atoms with E-state index in [0.717, 1.165) is 19.3 Å². The standard InChI is InChI=1S/C25H37F2N3O2/c1-18-5-7-19(8-6-18)13-21-15-29-17-25(26,27)14-22(29)16-30(21)20-9-11-28(12-10-20)23(31)32-24(2,3)4/h5-8,20-22H,9-17H2,1-4H3/t21-,22-/m0/s1. The lowest BCUT2D eigenvalue weighted by Crippen LogP contribution is -2.61. The number of carbonyl (C=O) groups excluding carboxylic acids is 1. The molecule has 4 rings (SSSR count). The van der Waals surface area contributed by atoms with Crippen LogP contribution in [-0.2, 0) is 11.2 Å². The molecule has 0 N–H and O–H groups in total. The Morgan fingerprint density at radius 1 is 1.09 bits per heavy atom. The van der Waals surface area contributed by atoms with Crippen molar-refractivity contribution < 1.29 is 18.3 Å². The molecule has 0 bridgehead atoms. The number of alkyl halides is 2. The maximum Gasteiger partial charge on any atom is 0.410 e. The van der Waals surface area contributed by atoms with Crippen molar-refractivity contribution in [2.45, 2.75) is 83.0 Å². The van der Waals surface area contributed by atoms with Gasteiger partial charge >= 0.3 is 6.09 Å². The Bertz CT molecular complexity index is 800. The number of ether oxygens (including phenoxy) is 1. The number of amides is 1. The van der Waals surface area contributed by atoms with E-state index in [1.54, 1.807) is 4.90 Å². The Balaban J connectivity index is 1.44. The molecule has 1 aromatic rings. The van der Waals surface area contributed by atoms with Crippen molar-refractivity contribution in [3.8, 4) is 0 Å². The molecule has 1 amide bonds. The number of aryl methyl sites for hydroxylation is 1. The molecule has 178 valence electrons. The van der Waals surface area contributed by atoms with Gasteiger partial charge in [-0.2, -0.15) is 0 Å². The molecule has 3 saturated heterocycles. The van der Waals surface area contributed by atoms with E-state index in [1.807, 2.05) is 25.7 Å². The van der Waals surface area contributed by atoms with Crippen LogP contribution < -0.4 is 0 Å². The Morgan fingerprint density at radius 3 is 2.38 bits per heavy atom. The number of nitrogens with zero attached hydrogens (tertiary/aromatic N) is 3. The van der Waals surface area contributed by atoms with E-state index in [2.05, 4.69) is 36.1 Å². The van der Waals surface area contributed by atoms with Gasteiger partial charge in [0.15, 0.2) is 0 Å². The lowest BCUT2D eigenvalue weighted by molar-refractivity contribution is -0.0140. The van der Waals surface area contributed by atoms with Crippen LogP contribution in [0.1, 0.15) is 51.2 Å². The van der Waals surface area contributed by atoms with Crippen LogP contribution in [0.4, 0.5) is 13.6 Å². The summed E-state index contributed by atoms with van der Waals surface area (Å²) in [6.45, 7) is 10.3. The maximum atomic E-state index is 14.2. The number of hydrogen-bond donors (Lipinski definition) is 0. The fourth-order valence-electron chi connectivity index (χ4n) is 5.46. The molecule has 5 nitrogen and oxygen atoms in total. The van der Waals surface area contributed by atoms with Gasteiger partial charge in [-0.25, -0.2) is 13.6 Å². The summed E-state index contributed by atoms with van der Waals surface area (Å²) in [5.74, 6) is -2.59. The number of benzene rings is 1. The maximum absolute atomic E-state index is 14.2. The number of piperidine rings is 1. The summed E-state index contributed by atoms with van der Waals surface area (Å²) < 4.78 is 33.9. The van der Waals surface area contributed by atoms with Crippen LogP contribution in [0.15, 0.2) is 24.3 Å². The van der Waals surface area contributed by atoms with Gasteiger partial charge in [0.25, 0.3) is 5.92 Å². The van der Waals surface area contributed by atoms with E-state index in [1.165, 1.54) is 11.1 Å². The number of carbonyl (C=O) groups is 1. The van der Waals surface area contributed by atoms with Crippen molar-refractivity contribution >= 4 is 6.09 Å². The highest BCUT2D eigenvalue weighted by Crippen LogP contribution is 2.37. The number of likely N-dealkylation sites (tertiary alicyclic amines) is 1. The average Bonchev–Trinajstić information content (AvgIpc) is 3.01. The molecule has 0 unspecified atom stereocenters. The summed E-state index contributed by atoms with van der Waals surface area (Å²) in [5, 5.41) is 0. The zero-order chi connectivity index (χ0) is 23.1. The fourth-order valence-corrected chi connectivity index (χ4v) is 5.46. The van der Waals surface area contributed by atoms with Gasteiger partial charge in [0.1, 0.15) is 5.60 Å². The third-order valence-corrected chi connectivity index (χ3v) is 7.00. The Labute approximate surface area is 190 Å². The van der Waals surface area contributed by atoms with E-state index in [-0.39, 0.29) is 31.1 Å². The molecule has 0 radical (unpaired) electrons. The molecule has 3 heterocycles. The van der Waals surface area contributed by atoms with Gasteiger partial charge < -0.3 is 9.64 Å². The van der Waals surface area contributed by atoms with E-state index in [9.17, 15) is 13.6 Å². The molecule has 3 aliphatic rings. The second-order valence-corrected chi connectivity index (χ2v) is 10.9. The summed E-state index contributed by atoms with van der Waals surface area (Å²) in [7, 11) is 0. The first-order valence-electron chi connectivity index (χ1n) is 11.9. The van der Waals surface area contributed by atoms with Crippen LogP contribution >= 0.6 is 0 Å². The quantitative estimate of drug-likeness (QED) is 0.688. The summed E-state index contributed by atoms with van der Waals surface area (Å²) in [6, 6.07) is 8.99. The molecule has 32 heavy (non-hydrogen) atoms. The molecule has 0 saturated carbocycles. The van der Waals surface area contributed by atoms with E-state index in [4.69, 9.17) is 4.74 Å². The van der Waals surface area contributed by atoms with E-state index >= 15 is 0 Å². The van der Waals surface area contributed by atoms with Gasteiger partial charge in [-0.1, -0.05) is 29.8 Å². The van der Waals surface area contributed by atoms with Gasteiger partial charge in [-0.15, -0.1) is 0 Å². The van der Waals surface area contributed by atoms with Gasteiger partial charge in [-0.05, 0) is 52.5 Å². The Morgan fingerprint density at radius 2 is 1.75 bits per heavy atom. The van der Waals surface area contributed by atoms with Gasteiger partial charge in [0.2, 0.25) is 0 Å². The normalized spacial score (nSPS) is 27.4. The van der Waals surface area contributed by atoms with Crippen LogP contribution in [-0.4, -0.2) is 83.2 Å². The van der Waals surface area contributed by atoms with Crippen molar-refractivity contribution in [2.24, 2.45) is 0 Å². The highest BCUT2D eigenvalue weighted by Gasteiger charge is 2.50. The predicted molar refractivity (Wildman–Crippen MR) is 121 cm³/mol. The van der Waals surface area contributed by atoms with Gasteiger partial charge in [0, 0.05) is 50.7 Å². The van der Waals surface area contributed by atoms with Crippen LogP contribution in [0.25, 0.3) is 0 Å². The zero-order valence-corrected chi connectivity index (χ0v) is 19.8. The van der Waals surface area contributed by atoms with Crippen molar-refractivity contribution in [3.63, 3.8) is 0 Å². The topological polar surface area (TPSA) is 36.0 Å². The number of fused-ring (bicyclic) bond motifs is 1. The molecule has 1 aromatic carbocycles. The summed E-state index contributed by atoms with van der Waals surface area (Å²) in [6.07, 6.45) is 2.27. The SMILES string of the molecule is Cc1ccc(C[C@H]2CN3CC(F)(F)C[C@H]3CN2C2CCN(C(=O)OC(C)(C)C)CC2)cc1. The average molecular weight is 450 g/mol. The third-order valence-electron chi connectivity index (χ3n) is 7.00. The molecule has 3 aliphatic heterocycles. The first-order valence-corrected chi connectivity index (χ1v) is 11.9. The minimum absolute atomic E-state index is 0.0441. The molecule has 0 aliphatic carbocycles. The van der Waals surface area contributed by atoms with Crippen molar-refractivity contribution in [1.29, 1.82) is 0 Å². The molecule has 0 aromatic heterocycles. The number of piperazine rings is 1. The lowest BCUT2D eigenvalue weighted by atomic mass is 9.94. The highest BCUT2D eigenvalue weighted by molar-refractivity contribution is 5.68. The molecule has 2 atom stereocenters. The third kappa shape index (κ3) is 5.60. The van der Waals surface area contributed by atoms with E-state index in [0.29, 0.717) is 32.2 Å². The molecule has 3 fully saturated rings.